The van der Waals surface area contributed by atoms with Crippen molar-refractivity contribution < 1.29 is 9.53 Å². The number of hydrogen-bond acceptors (Lipinski definition) is 4. The van der Waals surface area contributed by atoms with Gasteiger partial charge in [-0.15, -0.1) is 11.3 Å². The van der Waals surface area contributed by atoms with Gasteiger partial charge < -0.3 is 9.64 Å². The van der Waals surface area contributed by atoms with Crippen LogP contribution in [0.4, 0.5) is 5.69 Å². The van der Waals surface area contributed by atoms with E-state index in [2.05, 4.69) is 29.2 Å². The Balaban J connectivity index is 2.10. The van der Waals surface area contributed by atoms with Crippen LogP contribution in [0.1, 0.15) is 11.8 Å². The Labute approximate surface area is 129 Å². The molecule has 4 heteroatoms. The lowest BCUT2D eigenvalue weighted by Gasteiger charge is -2.11. The molecule has 0 saturated heterocycles. The number of nitrogens with zero attached hydrogens (tertiary/aromatic N) is 1. The Hall–Kier alpha value is -2.07. The highest BCUT2D eigenvalue weighted by Crippen LogP contribution is 2.29. The quantitative estimate of drug-likeness (QED) is 0.473. The number of hydrogen-bond donors (Lipinski definition) is 0. The molecule has 0 unspecified atom stereocenters. The minimum absolute atomic E-state index is 0.311. The molecule has 0 bridgehead atoms. The van der Waals surface area contributed by atoms with Gasteiger partial charge in [-0.2, -0.15) is 0 Å². The van der Waals surface area contributed by atoms with Crippen molar-refractivity contribution in [2.24, 2.45) is 0 Å². The van der Waals surface area contributed by atoms with Gasteiger partial charge in [0.25, 0.3) is 0 Å². The summed E-state index contributed by atoms with van der Waals surface area (Å²) >= 11 is 1.73. The SMILES string of the molecule is CCOC(=O)/C=C/C=C/c1cc2cc(N(C)C)ccc2s1. The van der Waals surface area contributed by atoms with E-state index in [-0.39, 0.29) is 5.97 Å². The molecule has 2 aromatic rings. The first-order chi connectivity index (χ1) is 10.1. The molecule has 0 atom stereocenters. The molecule has 0 radical (unpaired) electrons. The predicted octanol–water partition coefficient (Wildman–Crippen LogP) is 4.10. The minimum atomic E-state index is -0.311. The highest BCUT2D eigenvalue weighted by atomic mass is 32.1. The maximum atomic E-state index is 11.2. The van der Waals surface area contributed by atoms with Crippen LogP contribution in [-0.4, -0.2) is 26.7 Å². The van der Waals surface area contributed by atoms with Gasteiger partial charge >= 0.3 is 5.97 Å². The molecule has 0 aliphatic carbocycles. The summed E-state index contributed by atoms with van der Waals surface area (Å²) in [6, 6.07) is 8.59. The van der Waals surface area contributed by atoms with Crippen molar-refractivity contribution in [1.29, 1.82) is 0 Å². The van der Waals surface area contributed by atoms with Crippen molar-refractivity contribution in [2.45, 2.75) is 6.92 Å². The maximum absolute atomic E-state index is 11.2. The van der Waals surface area contributed by atoms with Crippen LogP contribution in [0.15, 0.2) is 42.5 Å². The van der Waals surface area contributed by atoms with Gasteiger partial charge in [0.15, 0.2) is 0 Å². The molecule has 0 saturated carbocycles. The summed E-state index contributed by atoms with van der Waals surface area (Å²) < 4.78 is 6.07. The van der Waals surface area contributed by atoms with E-state index in [0.29, 0.717) is 6.61 Å². The van der Waals surface area contributed by atoms with Crippen molar-refractivity contribution in [1.82, 2.24) is 0 Å². The van der Waals surface area contributed by atoms with Gasteiger partial charge in [0.2, 0.25) is 0 Å². The summed E-state index contributed by atoms with van der Waals surface area (Å²) in [6.07, 6.45) is 6.98. The highest BCUT2D eigenvalue weighted by Gasteiger charge is 2.02. The molecule has 0 aliphatic rings. The van der Waals surface area contributed by atoms with E-state index in [0.717, 1.165) is 4.88 Å². The zero-order chi connectivity index (χ0) is 15.2. The summed E-state index contributed by atoms with van der Waals surface area (Å²) in [5, 5.41) is 1.24. The lowest BCUT2D eigenvalue weighted by atomic mass is 10.2. The number of benzene rings is 1. The van der Waals surface area contributed by atoms with E-state index >= 15 is 0 Å². The fourth-order valence-corrected chi connectivity index (χ4v) is 2.84. The van der Waals surface area contributed by atoms with Gasteiger partial charge in [-0.3, -0.25) is 0 Å². The number of fused-ring (bicyclic) bond motifs is 1. The molecule has 110 valence electrons. The third-order valence-corrected chi connectivity index (χ3v) is 4.01. The van der Waals surface area contributed by atoms with Gasteiger partial charge in [-0.05, 0) is 42.7 Å². The van der Waals surface area contributed by atoms with E-state index in [9.17, 15) is 4.79 Å². The van der Waals surface area contributed by atoms with E-state index in [4.69, 9.17) is 4.74 Å². The van der Waals surface area contributed by atoms with Gasteiger partial charge in [0.1, 0.15) is 0 Å². The first-order valence-electron chi connectivity index (χ1n) is 6.82. The molecule has 0 aliphatic heterocycles. The number of rotatable bonds is 5. The third kappa shape index (κ3) is 4.20. The van der Waals surface area contributed by atoms with Gasteiger partial charge in [-0.25, -0.2) is 4.79 Å². The summed E-state index contributed by atoms with van der Waals surface area (Å²) in [4.78, 5) is 14.4. The van der Waals surface area contributed by atoms with E-state index in [1.165, 1.54) is 21.8 Å². The number of thiophene rings is 1. The summed E-state index contributed by atoms with van der Waals surface area (Å²) in [6.45, 7) is 2.19. The minimum Gasteiger partial charge on any atom is -0.463 e. The Morgan fingerprint density at radius 1 is 1.29 bits per heavy atom. The monoisotopic (exact) mass is 301 g/mol. The lowest BCUT2D eigenvalue weighted by molar-refractivity contribution is -0.137. The molecule has 0 amide bonds. The summed E-state index contributed by atoms with van der Waals surface area (Å²) in [5.74, 6) is -0.311. The van der Waals surface area contributed by atoms with Crippen LogP contribution < -0.4 is 4.90 Å². The highest BCUT2D eigenvalue weighted by molar-refractivity contribution is 7.19. The summed E-state index contributed by atoms with van der Waals surface area (Å²) in [5.41, 5.74) is 1.19. The van der Waals surface area contributed by atoms with Crippen LogP contribution in [0, 0.1) is 0 Å². The summed E-state index contributed by atoms with van der Waals surface area (Å²) in [7, 11) is 4.07. The number of carbonyl (C=O) groups is 1. The number of esters is 1. The molecule has 21 heavy (non-hydrogen) atoms. The molecule has 2 rings (SSSR count). The lowest BCUT2D eigenvalue weighted by Crippen LogP contribution is -2.07. The zero-order valence-electron chi connectivity index (χ0n) is 12.5. The Morgan fingerprint density at radius 3 is 2.81 bits per heavy atom. The molecule has 1 aromatic carbocycles. The number of allylic oxidation sites excluding steroid dienone is 2. The molecule has 1 aromatic heterocycles. The zero-order valence-corrected chi connectivity index (χ0v) is 13.3. The van der Waals surface area contributed by atoms with Crippen LogP contribution >= 0.6 is 11.3 Å². The second-order valence-electron chi connectivity index (χ2n) is 4.74. The van der Waals surface area contributed by atoms with Crippen molar-refractivity contribution in [2.75, 3.05) is 25.6 Å². The van der Waals surface area contributed by atoms with E-state index in [1.54, 1.807) is 24.3 Å². The average Bonchev–Trinajstić information content (AvgIpc) is 2.85. The third-order valence-electron chi connectivity index (χ3n) is 2.93. The second kappa shape index (κ2) is 7.09. The van der Waals surface area contributed by atoms with Gasteiger partial charge in [0, 0.05) is 35.4 Å². The van der Waals surface area contributed by atoms with E-state index in [1.807, 2.05) is 26.2 Å². The molecule has 0 spiro atoms. The predicted molar refractivity (Wildman–Crippen MR) is 91.0 cm³/mol. The van der Waals surface area contributed by atoms with E-state index < -0.39 is 0 Å². The largest absolute Gasteiger partial charge is 0.463 e. The average molecular weight is 301 g/mol. The topological polar surface area (TPSA) is 29.5 Å². The standard InChI is InChI=1S/C17H19NO2S/c1-4-20-17(19)8-6-5-7-15-12-13-11-14(18(2)3)9-10-16(13)21-15/h5-12H,4H2,1-3H3/b7-5+,8-6+. The molecular formula is C17H19NO2S. The normalized spacial score (nSPS) is 11.6. The maximum Gasteiger partial charge on any atom is 0.330 e. The van der Waals surface area contributed by atoms with Crippen LogP contribution in [0.3, 0.4) is 0 Å². The van der Waals surface area contributed by atoms with Gasteiger partial charge in [0.05, 0.1) is 6.61 Å². The van der Waals surface area contributed by atoms with Crippen LogP contribution in [0.25, 0.3) is 16.2 Å². The van der Waals surface area contributed by atoms with Crippen LogP contribution in [-0.2, 0) is 9.53 Å². The smallest absolute Gasteiger partial charge is 0.330 e. The molecule has 3 nitrogen and oxygen atoms in total. The number of anilines is 1. The first-order valence-corrected chi connectivity index (χ1v) is 7.64. The molecule has 1 heterocycles. The van der Waals surface area contributed by atoms with Crippen molar-refractivity contribution in [3.05, 3.63) is 47.4 Å². The van der Waals surface area contributed by atoms with Crippen molar-refractivity contribution >= 4 is 39.2 Å². The fraction of sp³-hybridized carbons (Fsp3) is 0.235. The Kier molecular flexibility index (Phi) is 5.17. The number of carbonyl (C=O) groups excluding carboxylic acids is 1. The Morgan fingerprint density at radius 2 is 2.10 bits per heavy atom. The fourth-order valence-electron chi connectivity index (χ4n) is 1.89. The second-order valence-corrected chi connectivity index (χ2v) is 5.85. The van der Waals surface area contributed by atoms with Crippen molar-refractivity contribution in [3.8, 4) is 0 Å². The molecule has 0 N–H and O–H groups in total. The molecular weight excluding hydrogens is 282 g/mol. The van der Waals surface area contributed by atoms with Crippen molar-refractivity contribution in [3.63, 3.8) is 0 Å². The Bertz CT molecular complexity index is 683. The van der Waals surface area contributed by atoms with Gasteiger partial charge in [-0.1, -0.05) is 12.2 Å². The number of ether oxygens (including phenoxy) is 1. The molecule has 0 fully saturated rings. The van der Waals surface area contributed by atoms with Crippen LogP contribution in [0.5, 0.6) is 0 Å². The van der Waals surface area contributed by atoms with Crippen LogP contribution in [0.2, 0.25) is 0 Å². The first kappa shape index (κ1) is 15.3.